The Hall–Kier alpha value is -3.57. The molecule has 1 saturated heterocycles. The number of piperidine rings is 1. The highest BCUT2D eigenvalue weighted by Gasteiger charge is 2.37. The number of likely N-dealkylation sites (tertiary alicyclic amines) is 1. The van der Waals surface area contributed by atoms with Gasteiger partial charge in [-0.2, -0.15) is 5.10 Å². The van der Waals surface area contributed by atoms with Crippen LogP contribution in [0, 0.1) is 0 Å². The molecule has 2 aromatic carbocycles. The summed E-state index contributed by atoms with van der Waals surface area (Å²) >= 11 is 0. The molecule has 1 aromatic heterocycles. The third-order valence-corrected chi connectivity index (χ3v) is 6.49. The molecule has 5 N–H and O–H groups in total. The molecular weight excluding hydrogens is 448 g/mol. The zero-order chi connectivity index (χ0) is 24.4. The lowest BCUT2D eigenvalue weighted by Crippen LogP contribution is -3.07. The molecule has 1 amide bonds. The van der Waals surface area contributed by atoms with E-state index in [4.69, 9.17) is 15.9 Å². The smallest absolute Gasteiger partial charge is 0.254 e. The molecule has 35 heavy (non-hydrogen) atoms. The zero-order valence-corrected chi connectivity index (χ0v) is 19.1. The molecule has 4 atom stereocenters. The maximum atomic E-state index is 12.5. The van der Waals surface area contributed by atoms with Gasteiger partial charge in [0, 0.05) is 18.5 Å². The van der Waals surface area contributed by atoms with Crippen molar-refractivity contribution in [3.63, 3.8) is 0 Å². The maximum Gasteiger partial charge on any atom is 0.254 e. The summed E-state index contributed by atoms with van der Waals surface area (Å²) in [6, 6.07) is 16.9. The predicted molar refractivity (Wildman–Crippen MR) is 128 cm³/mol. The maximum absolute atomic E-state index is 12.5. The van der Waals surface area contributed by atoms with E-state index in [-0.39, 0.29) is 12.1 Å². The van der Waals surface area contributed by atoms with E-state index in [0.717, 1.165) is 40.4 Å². The summed E-state index contributed by atoms with van der Waals surface area (Å²) in [4.78, 5) is 14.1. The van der Waals surface area contributed by atoms with Gasteiger partial charge in [0.1, 0.15) is 29.4 Å². The predicted octanol–water partition coefficient (Wildman–Crippen LogP) is 1.10. The molecule has 0 aliphatic carbocycles. The van der Waals surface area contributed by atoms with Gasteiger partial charge >= 0.3 is 0 Å². The van der Waals surface area contributed by atoms with Crippen molar-refractivity contribution in [2.75, 3.05) is 25.4 Å². The molecule has 0 spiro atoms. The number of carbonyl (C=O) groups excluding carboxylic acids is 1. The lowest BCUT2D eigenvalue weighted by atomic mass is 10.00. The van der Waals surface area contributed by atoms with Gasteiger partial charge in [-0.25, -0.2) is 0 Å². The average Bonchev–Trinajstić information content (AvgIpc) is 3.30. The summed E-state index contributed by atoms with van der Waals surface area (Å²) in [5.74, 6) is 1.34. The second-order valence-electron chi connectivity index (χ2n) is 8.78. The van der Waals surface area contributed by atoms with Crippen LogP contribution in [0.5, 0.6) is 11.5 Å². The number of para-hydroxylation sites is 1. The summed E-state index contributed by atoms with van der Waals surface area (Å²) in [5.41, 5.74) is 13.9. The van der Waals surface area contributed by atoms with Crippen molar-refractivity contribution < 1.29 is 24.8 Å². The highest BCUT2D eigenvalue weighted by atomic mass is 16.5. The fourth-order valence-corrected chi connectivity index (χ4v) is 4.77. The minimum Gasteiger partial charge on any atom is -0.457 e. The van der Waals surface area contributed by atoms with Crippen LogP contribution in [0.1, 0.15) is 30.0 Å². The van der Waals surface area contributed by atoms with Gasteiger partial charge < -0.3 is 36.0 Å². The van der Waals surface area contributed by atoms with Crippen molar-refractivity contribution in [1.29, 1.82) is 0 Å². The first kappa shape index (κ1) is 23.2. The largest absolute Gasteiger partial charge is 0.457 e. The number of hydrogen-bond acceptors (Lipinski definition) is 7. The normalized spacial score (nSPS) is 22.5. The fourth-order valence-electron chi connectivity index (χ4n) is 4.77. The highest BCUT2D eigenvalue weighted by molar-refractivity contribution is 5.80. The molecule has 10 heteroatoms. The molecule has 0 bridgehead atoms. The standard InChI is InChI=1S/C25H28N6O4/c26-24-22-20(13-27-28-24)31(17-5-4-12-30(14-17)25(34)21(33)15-32)29-23(22)16-8-10-19(11-9-16)35-18-6-2-1-3-7-18/h1-3,6-11,13,17,21,23,31-33H,4-5,12,14-15H2,(H2,26,28). The van der Waals surface area contributed by atoms with Crippen LogP contribution in [-0.2, 0) is 4.79 Å². The number of aliphatic hydroxyl groups excluding tert-OH is 2. The Balaban J connectivity index is 1.38. The number of nitrogens with zero attached hydrogens (tertiary/aromatic N) is 4. The van der Waals surface area contributed by atoms with Crippen LogP contribution in [0.3, 0.4) is 0 Å². The number of carbonyl (C=O) groups is 1. The molecule has 0 radical (unpaired) electrons. The number of aromatic nitrogens is 2. The number of nitrogens with one attached hydrogen (secondary N) is 1. The summed E-state index contributed by atoms with van der Waals surface area (Å²) in [6.07, 6.45) is 1.89. The van der Waals surface area contributed by atoms with Gasteiger partial charge in [-0.15, -0.1) is 5.10 Å². The first-order valence-corrected chi connectivity index (χ1v) is 11.6. The van der Waals surface area contributed by atoms with Gasteiger partial charge in [-0.1, -0.05) is 35.9 Å². The first-order chi connectivity index (χ1) is 17.0. The molecule has 5 rings (SSSR count). The van der Waals surface area contributed by atoms with Crippen LogP contribution in [0.4, 0.5) is 11.5 Å². The molecule has 4 unspecified atom stereocenters. The van der Waals surface area contributed by atoms with E-state index < -0.39 is 18.6 Å². The first-order valence-electron chi connectivity index (χ1n) is 11.6. The number of fused-ring (bicyclic) bond motifs is 1. The second-order valence-corrected chi connectivity index (χ2v) is 8.78. The van der Waals surface area contributed by atoms with E-state index in [9.17, 15) is 15.0 Å². The minimum atomic E-state index is -1.41. The van der Waals surface area contributed by atoms with Crippen LogP contribution < -0.4 is 15.5 Å². The topological polar surface area (TPSA) is 140 Å². The number of nitrogens with two attached hydrogens (primary N) is 1. The molecule has 10 nitrogen and oxygen atoms in total. The minimum absolute atomic E-state index is 0.0355. The lowest BCUT2D eigenvalue weighted by molar-refractivity contribution is -0.819. The van der Waals surface area contributed by atoms with Gasteiger partial charge in [0.25, 0.3) is 5.91 Å². The number of ether oxygens (including phenoxy) is 1. The SMILES string of the molecule is Nc1nncc2c1C(c1ccc(Oc3ccccc3)cc1)[N-][NH+]2C1CCCN(C(=O)C(O)CO)C1. The Bertz CT molecular complexity index is 1180. The molecule has 2 aliphatic rings. The van der Waals surface area contributed by atoms with Crippen LogP contribution >= 0.6 is 0 Å². The molecular formula is C25H28N6O4. The van der Waals surface area contributed by atoms with Crippen molar-refractivity contribution in [3.05, 3.63) is 77.3 Å². The van der Waals surface area contributed by atoms with Crippen LogP contribution in [-0.4, -0.2) is 63.1 Å². The Labute approximate surface area is 202 Å². The van der Waals surface area contributed by atoms with Crippen molar-refractivity contribution in [2.45, 2.75) is 31.0 Å². The summed E-state index contributed by atoms with van der Waals surface area (Å²) in [5, 5.41) is 27.9. The van der Waals surface area contributed by atoms with E-state index in [0.29, 0.717) is 24.7 Å². The van der Waals surface area contributed by atoms with E-state index in [1.807, 2.05) is 54.6 Å². The van der Waals surface area contributed by atoms with Crippen LogP contribution in [0.25, 0.3) is 5.43 Å². The van der Waals surface area contributed by atoms with Gasteiger partial charge in [0.15, 0.2) is 11.9 Å². The second kappa shape index (κ2) is 9.96. The number of amides is 1. The number of rotatable bonds is 6. The third-order valence-electron chi connectivity index (χ3n) is 6.49. The highest BCUT2D eigenvalue weighted by Crippen LogP contribution is 2.40. The van der Waals surface area contributed by atoms with Crippen LogP contribution in [0.15, 0.2) is 60.8 Å². The molecule has 1 fully saturated rings. The number of benzene rings is 2. The molecule has 3 heterocycles. The van der Waals surface area contributed by atoms with Crippen molar-refractivity contribution >= 4 is 17.4 Å². The number of nitrogen functional groups attached to an aromatic ring is 1. The van der Waals surface area contributed by atoms with Crippen molar-refractivity contribution in [3.8, 4) is 11.5 Å². The monoisotopic (exact) mass is 476 g/mol. The Morgan fingerprint density at radius 3 is 2.69 bits per heavy atom. The summed E-state index contributed by atoms with van der Waals surface area (Å²) in [6.45, 7) is 0.352. The number of hydrogen-bond donors (Lipinski definition) is 4. The van der Waals surface area contributed by atoms with E-state index in [1.165, 1.54) is 0 Å². The van der Waals surface area contributed by atoms with E-state index >= 15 is 0 Å². The Kier molecular flexibility index (Phi) is 6.60. The summed E-state index contributed by atoms with van der Waals surface area (Å²) < 4.78 is 5.91. The van der Waals surface area contributed by atoms with E-state index in [1.54, 1.807) is 11.1 Å². The molecule has 0 saturated carbocycles. The number of quaternary nitrogens is 1. The molecule has 2 aliphatic heterocycles. The number of anilines is 1. The van der Waals surface area contributed by atoms with Gasteiger partial charge in [0.05, 0.1) is 13.2 Å². The Morgan fingerprint density at radius 1 is 1.20 bits per heavy atom. The van der Waals surface area contributed by atoms with Crippen LogP contribution in [0.2, 0.25) is 0 Å². The Morgan fingerprint density at radius 2 is 1.94 bits per heavy atom. The zero-order valence-electron chi connectivity index (χ0n) is 19.1. The van der Waals surface area contributed by atoms with E-state index in [2.05, 4.69) is 10.2 Å². The van der Waals surface area contributed by atoms with Crippen molar-refractivity contribution in [2.24, 2.45) is 0 Å². The fraction of sp³-hybridized carbons (Fsp3) is 0.320. The average molecular weight is 477 g/mol. The number of aliphatic hydroxyl groups is 2. The summed E-state index contributed by atoms with van der Waals surface area (Å²) in [7, 11) is 0. The van der Waals surface area contributed by atoms with Gasteiger partial charge in [0.2, 0.25) is 0 Å². The molecule has 182 valence electrons. The lowest BCUT2D eigenvalue weighted by Gasteiger charge is -2.41. The van der Waals surface area contributed by atoms with Gasteiger partial charge in [-0.05, 0) is 36.7 Å². The quantitative estimate of drug-likeness (QED) is 0.418. The van der Waals surface area contributed by atoms with Gasteiger partial charge in [-0.3, -0.25) is 4.79 Å². The third kappa shape index (κ3) is 4.69. The van der Waals surface area contributed by atoms with Crippen molar-refractivity contribution in [1.82, 2.24) is 15.1 Å². The molecule has 3 aromatic rings.